The summed E-state index contributed by atoms with van der Waals surface area (Å²) in [5.41, 5.74) is 1.69. The maximum absolute atomic E-state index is 12.0. The number of Topliss-reactive ketones (excluding diaryl/α,β-unsaturated/α-hetero) is 1. The molecule has 20 heavy (non-hydrogen) atoms. The van der Waals surface area contributed by atoms with Crippen molar-refractivity contribution in [2.75, 3.05) is 6.61 Å². The molecule has 0 atom stereocenters. The van der Waals surface area contributed by atoms with E-state index in [1.54, 1.807) is 18.2 Å². The van der Waals surface area contributed by atoms with Crippen LogP contribution in [0.2, 0.25) is 8.67 Å². The van der Waals surface area contributed by atoms with E-state index in [1.807, 2.05) is 13.0 Å². The van der Waals surface area contributed by atoms with Gasteiger partial charge in [0.15, 0.2) is 6.61 Å². The highest BCUT2D eigenvalue weighted by Crippen LogP contribution is 2.31. The Morgan fingerprint density at radius 2 is 2.15 bits per heavy atom. The Balaban J connectivity index is 2.11. The lowest BCUT2D eigenvalue weighted by atomic mass is 10.1. The van der Waals surface area contributed by atoms with E-state index in [1.165, 1.54) is 6.07 Å². The largest absolute Gasteiger partial charge is 0.485 e. The molecule has 1 heterocycles. The number of halogens is 2. The molecular weight excluding hydrogens is 317 g/mol. The van der Waals surface area contributed by atoms with Crippen LogP contribution < -0.4 is 4.74 Å². The van der Waals surface area contributed by atoms with E-state index in [0.29, 0.717) is 25.5 Å². The lowest BCUT2D eigenvalue weighted by molar-refractivity contribution is 0.0921. The number of nitriles is 1. The van der Waals surface area contributed by atoms with Crippen molar-refractivity contribution in [1.82, 2.24) is 0 Å². The first-order valence-corrected chi connectivity index (χ1v) is 7.20. The molecule has 3 nitrogen and oxygen atoms in total. The van der Waals surface area contributed by atoms with Gasteiger partial charge >= 0.3 is 0 Å². The molecule has 0 spiro atoms. The number of hydrogen-bond acceptors (Lipinski definition) is 4. The molecule has 102 valence electrons. The Morgan fingerprint density at radius 3 is 2.75 bits per heavy atom. The maximum Gasteiger partial charge on any atom is 0.202 e. The lowest BCUT2D eigenvalue weighted by Crippen LogP contribution is -2.11. The first-order chi connectivity index (χ1) is 9.51. The van der Waals surface area contributed by atoms with Crippen molar-refractivity contribution in [3.8, 4) is 11.8 Å². The van der Waals surface area contributed by atoms with Crippen molar-refractivity contribution in [2.45, 2.75) is 6.92 Å². The predicted octanol–water partition coefficient (Wildman–Crippen LogP) is 4.50. The number of carbonyl (C=O) groups is 1. The summed E-state index contributed by atoms with van der Waals surface area (Å²) in [7, 11) is 0. The number of carbonyl (C=O) groups excluding carboxylic acids is 1. The molecule has 0 saturated heterocycles. The van der Waals surface area contributed by atoms with Crippen LogP contribution in [-0.4, -0.2) is 12.4 Å². The topological polar surface area (TPSA) is 50.1 Å². The Bertz CT molecular complexity index is 704. The van der Waals surface area contributed by atoms with Gasteiger partial charge < -0.3 is 4.74 Å². The highest BCUT2D eigenvalue weighted by Gasteiger charge is 2.15. The molecule has 0 amide bonds. The van der Waals surface area contributed by atoms with Gasteiger partial charge in [-0.3, -0.25) is 4.79 Å². The molecule has 2 aromatic rings. The van der Waals surface area contributed by atoms with Gasteiger partial charge in [-0.25, -0.2) is 0 Å². The number of ether oxygens (including phenoxy) is 1. The summed E-state index contributed by atoms with van der Waals surface area (Å²) in [5, 5.41) is 8.84. The summed E-state index contributed by atoms with van der Waals surface area (Å²) in [6, 6.07) is 8.62. The van der Waals surface area contributed by atoms with Crippen molar-refractivity contribution in [3.05, 3.63) is 49.6 Å². The fourth-order valence-corrected chi connectivity index (χ4v) is 3.08. The van der Waals surface area contributed by atoms with Gasteiger partial charge in [-0.05, 0) is 30.7 Å². The Hall–Kier alpha value is -1.54. The average Bonchev–Trinajstić information content (AvgIpc) is 2.76. The smallest absolute Gasteiger partial charge is 0.202 e. The van der Waals surface area contributed by atoms with Crippen LogP contribution >= 0.6 is 34.5 Å². The minimum atomic E-state index is -0.250. The maximum atomic E-state index is 12.0. The summed E-state index contributed by atoms with van der Waals surface area (Å²) in [5.74, 6) is 0.259. The number of nitrogens with zero attached hydrogens (tertiary/aromatic N) is 1. The highest BCUT2D eigenvalue weighted by molar-refractivity contribution is 7.20. The van der Waals surface area contributed by atoms with Gasteiger partial charge in [0.1, 0.15) is 10.1 Å². The third-order valence-electron chi connectivity index (χ3n) is 2.63. The van der Waals surface area contributed by atoms with Crippen LogP contribution in [0.5, 0.6) is 5.75 Å². The third-order valence-corrected chi connectivity index (χ3v) is 4.12. The predicted molar refractivity (Wildman–Crippen MR) is 80.1 cm³/mol. The van der Waals surface area contributed by atoms with Crippen molar-refractivity contribution in [1.29, 1.82) is 5.26 Å². The highest BCUT2D eigenvalue weighted by atomic mass is 35.5. The van der Waals surface area contributed by atoms with Gasteiger partial charge in [0, 0.05) is 0 Å². The van der Waals surface area contributed by atoms with Gasteiger partial charge in [0.2, 0.25) is 5.78 Å². The molecule has 0 aliphatic rings. The Labute approximate surface area is 130 Å². The number of aryl methyl sites for hydroxylation is 1. The first kappa shape index (κ1) is 14.9. The molecule has 0 aliphatic carbocycles. The molecule has 1 aromatic carbocycles. The number of hydrogen-bond donors (Lipinski definition) is 0. The van der Waals surface area contributed by atoms with Gasteiger partial charge in [-0.1, -0.05) is 29.3 Å². The standard InChI is InChI=1S/C14H9Cl2NO2S/c1-8-2-3-9(6-17)4-12(8)19-7-11(18)10-5-13(15)20-14(10)16/h2-5H,7H2,1H3. The average molecular weight is 326 g/mol. The number of thiophene rings is 1. The lowest BCUT2D eigenvalue weighted by Gasteiger charge is -2.08. The van der Waals surface area contributed by atoms with Crippen molar-refractivity contribution in [3.63, 3.8) is 0 Å². The Morgan fingerprint density at radius 1 is 1.40 bits per heavy atom. The third kappa shape index (κ3) is 3.31. The number of benzene rings is 1. The zero-order chi connectivity index (χ0) is 14.7. The summed E-state index contributed by atoms with van der Waals surface area (Å²) < 4.78 is 6.27. The fourth-order valence-electron chi connectivity index (χ4n) is 1.58. The van der Waals surface area contributed by atoms with Gasteiger partial charge in [-0.2, -0.15) is 5.26 Å². The van der Waals surface area contributed by atoms with E-state index in [0.717, 1.165) is 16.9 Å². The monoisotopic (exact) mass is 325 g/mol. The zero-order valence-electron chi connectivity index (χ0n) is 10.4. The quantitative estimate of drug-likeness (QED) is 0.778. The summed E-state index contributed by atoms with van der Waals surface area (Å²) in [4.78, 5) is 12.0. The first-order valence-electron chi connectivity index (χ1n) is 5.63. The second kappa shape index (κ2) is 6.27. The molecule has 1 aromatic heterocycles. The summed E-state index contributed by atoms with van der Waals surface area (Å²) in [6.07, 6.45) is 0. The molecule has 0 unspecified atom stereocenters. The van der Waals surface area contributed by atoms with E-state index in [9.17, 15) is 4.79 Å². The van der Waals surface area contributed by atoms with Gasteiger partial charge in [0.25, 0.3) is 0 Å². The van der Waals surface area contributed by atoms with Crippen LogP contribution in [0.1, 0.15) is 21.5 Å². The molecular formula is C14H9Cl2NO2S. The van der Waals surface area contributed by atoms with E-state index in [2.05, 4.69) is 0 Å². The van der Waals surface area contributed by atoms with E-state index < -0.39 is 0 Å². The summed E-state index contributed by atoms with van der Waals surface area (Å²) in [6.45, 7) is 1.69. The second-order valence-electron chi connectivity index (χ2n) is 4.04. The molecule has 0 radical (unpaired) electrons. The van der Waals surface area contributed by atoms with Crippen LogP contribution in [0.3, 0.4) is 0 Å². The van der Waals surface area contributed by atoms with Gasteiger partial charge in [-0.15, -0.1) is 11.3 Å². The SMILES string of the molecule is Cc1ccc(C#N)cc1OCC(=O)c1cc(Cl)sc1Cl. The van der Waals surface area contributed by atoms with E-state index >= 15 is 0 Å². The molecule has 0 aliphatic heterocycles. The second-order valence-corrected chi connectivity index (χ2v) is 6.33. The minimum Gasteiger partial charge on any atom is -0.485 e. The Kier molecular flexibility index (Phi) is 4.66. The van der Waals surface area contributed by atoms with Crippen LogP contribution in [0.25, 0.3) is 0 Å². The van der Waals surface area contributed by atoms with Crippen molar-refractivity contribution in [2.24, 2.45) is 0 Å². The molecule has 6 heteroatoms. The summed E-state index contributed by atoms with van der Waals surface area (Å²) >= 11 is 12.9. The van der Waals surface area contributed by atoms with E-state index in [4.69, 9.17) is 33.2 Å². The minimum absolute atomic E-state index is 0.150. The number of ketones is 1. The molecule has 0 fully saturated rings. The molecule has 2 rings (SSSR count). The van der Waals surface area contributed by atoms with Crippen LogP contribution in [0.15, 0.2) is 24.3 Å². The van der Waals surface area contributed by atoms with E-state index in [-0.39, 0.29) is 12.4 Å². The number of rotatable bonds is 4. The fraction of sp³-hybridized carbons (Fsp3) is 0.143. The molecule has 0 saturated carbocycles. The molecule has 0 bridgehead atoms. The van der Waals surface area contributed by atoms with Crippen LogP contribution in [0, 0.1) is 18.3 Å². The van der Waals surface area contributed by atoms with Crippen LogP contribution in [-0.2, 0) is 0 Å². The zero-order valence-corrected chi connectivity index (χ0v) is 12.8. The van der Waals surface area contributed by atoms with Crippen molar-refractivity contribution >= 4 is 40.3 Å². The van der Waals surface area contributed by atoms with Crippen LogP contribution in [0.4, 0.5) is 0 Å². The van der Waals surface area contributed by atoms with Crippen molar-refractivity contribution < 1.29 is 9.53 Å². The molecule has 0 N–H and O–H groups in total. The normalized spacial score (nSPS) is 10.1. The van der Waals surface area contributed by atoms with Gasteiger partial charge in [0.05, 0.1) is 21.5 Å².